The first-order valence-electron chi connectivity index (χ1n) is 5.04. The first kappa shape index (κ1) is 11.7. The predicted molar refractivity (Wildman–Crippen MR) is 56.6 cm³/mol. The number of nitrogens with one attached hydrogen (secondary N) is 1. The summed E-state index contributed by atoms with van der Waals surface area (Å²) in [6.45, 7) is 4.82. The minimum atomic E-state index is -0.840. The lowest BCUT2D eigenvalue weighted by Gasteiger charge is -2.24. The Kier molecular flexibility index (Phi) is 3.85. The van der Waals surface area contributed by atoms with Crippen LogP contribution in [0, 0.1) is 0 Å². The first-order valence-corrected chi connectivity index (χ1v) is 5.04. The summed E-state index contributed by atoms with van der Waals surface area (Å²) < 4.78 is 1.77. The molecule has 1 aromatic heterocycles. The molecule has 1 unspecified atom stereocenters. The molecule has 2 N–H and O–H groups in total. The van der Waals surface area contributed by atoms with E-state index < -0.39 is 11.5 Å². The highest BCUT2D eigenvalue weighted by Gasteiger charge is 2.29. The monoisotopic (exact) mass is 211 g/mol. The number of carboxylic acid groups (broad SMARTS) is 1. The molecular formula is C10H17N3O2. The van der Waals surface area contributed by atoms with Crippen LogP contribution in [-0.4, -0.2) is 32.9 Å². The maximum absolute atomic E-state index is 11.0. The minimum absolute atomic E-state index is 0.557. The smallest absolute Gasteiger partial charge is 0.323 e. The van der Waals surface area contributed by atoms with Crippen LogP contribution in [0.2, 0.25) is 0 Å². The normalized spacial score (nSPS) is 14.8. The van der Waals surface area contributed by atoms with Crippen molar-refractivity contribution in [2.45, 2.75) is 32.4 Å². The van der Waals surface area contributed by atoms with Gasteiger partial charge < -0.3 is 10.4 Å². The molecule has 0 spiro atoms. The fraction of sp³-hybridized carbons (Fsp3) is 0.600. The summed E-state index contributed by atoms with van der Waals surface area (Å²) in [7, 11) is 0. The van der Waals surface area contributed by atoms with Gasteiger partial charge in [0, 0.05) is 18.9 Å². The van der Waals surface area contributed by atoms with Crippen molar-refractivity contribution in [1.82, 2.24) is 15.1 Å². The van der Waals surface area contributed by atoms with Gasteiger partial charge in [0.15, 0.2) is 0 Å². The van der Waals surface area contributed by atoms with Crippen molar-refractivity contribution in [2.75, 3.05) is 6.54 Å². The van der Waals surface area contributed by atoms with Gasteiger partial charge in [-0.3, -0.25) is 9.48 Å². The maximum Gasteiger partial charge on any atom is 0.323 e. The van der Waals surface area contributed by atoms with E-state index in [9.17, 15) is 4.79 Å². The molecule has 5 heteroatoms. The zero-order valence-electron chi connectivity index (χ0n) is 9.10. The molecular weight excluding hydrogens is 194 g/mol. The van der Waals surface area contributed by atoms with Crippen LogP contribution in [-0.2, 0) is 11.3 Å². The van der Waals surface area contributed by atoms with Gasteiger partial charge in [-0.1, -0.05) is 6.92 Å². The number of hydrogen-bond acceptors (Lipinski definition) is 3. The molecule has 0 aromatic carbocycles. The number of carbonyl (C=O) groups is 1. The Balaban J connectivity index is 2.38. The van der Waals surface area contributed by atoms with E-state index in [-0.39, 0.29) is 0 Å². The molecule has 0 radical (unpaired) electrons. The number of aliphatic carboxylic acids is 1. The van der Waals surface area contributed by atoms with Crippen molar-refractivity contribution in [1.29, 1.82) is 0 Å². The Morgan fingerprint density at radius 3 is 2.87 bits per heavy atom. The minimum Gasteiger partial charge on any atom is -0.480 e. The summed E-state index contributed by atoms with van der Waals surface area (Å²) >= 11 is 0. The Hall–Kier alpha value is -1.36. The highest BCUT2D eigenvalue weighted by Crippen LogP contribution is 2.08. The molecule has 0 fully saturated rings. The van der Waals surface area contributed by atoms with Crippen molar-refractivity contribution >= 4 is 5.97 Å². The Morgan fingerprint density at radius 1 is 1.67 bits per heavy atom. The molecule has 0 saturated heterocycles. The Bertz CT molecular complexity index is 310. The van der Waals surface area contributed by atoms with E-state index in [1.807, 2.05) is 19.2 Å². The molecule has 0 saturated carbocycles. The molecule has 15 heavy (non-hydrogen) atoms. The summed E-state index contributed by atoms with van der Waals surface area (Å²) in [5.74, 6) is -0.814. The van der Waals surface area contributed by atoms with Crippen LogP contribution in [0.25, 0.3) is 0 Å². The molecule has 1 rings (SSSR count). The molecule has 0 aliphatic rings. The van der Waals surface area contributed by atoms with Crippen LogP contribution >= 0.6 is 0 Å². The summed E-state index contributed by atoms with van der Waals surface area (Å²) in [6, 6.07) is 1.84. The van der Waals surface area contributed by atoms with Crippen LogP contribution in [0.1, 0.15) is 20.3 Å². The zero-order chi connectivity index (χ0) is 11.3. The van der Waals surface area contributed by atoms with Gasteiger partial charge in [-0.2, -0.15) is 5.10 Å². The molecule has 0 aliphatic carbocycles. The molecule has 5 nitrogen and oxygen atoms in total. The second-order valence-corrected chi connectivity index (χ2v) is 3.69. The topological polar surface area (TPSA) is 67.2 Å². The van der Waals surface area contributed by atoms with E-state index in [4.69, 9.17) is 5.11 Å². The van der Waals surface area contributed by atoms with Gasteiger partial charge in [0.1, 0.15) is 5.54 Å². The highest BCUT2D eigenvalue weighted by atomic mass is 16.4. The van der Waals surface area contributed by atoms with E-state index >= 15 is 0 Å². The summed E-state index contributed by atoms with van der Waals surface area (Å²) in [6.07, 6.45) is 4.11. The van der Waals surface area contributed by atoms with Crippen LogP contribution in [0.15, 0.2) is 18.5 Å². The van der Waals surface area contributed by atoms with Crippen LogP contribution < -0.4 is 5.32 Å². The second kappa shape index (κ2) is 4.93. The van der Waals surface area contributed by atoms with E-state index in [0.29, 0.717) is 19.5 Å². The van der Waals surface area contributed by atoms with E-state index in [2.05, 4.69) is 10.4 Å². The van der Waals surface area contributed by atoms with E-state index in [0.717, 1.165) is 0 Å². The van der Waals surface area contributed by atoms with Crippen LogP contribution in [0.3, 0.4) is 0 Å². The number of nitrogens with zero attached hydrogens (tertiary/aromatic N) is 2. The van der Waals surface area contributed by atoms with Crippen LogP contribution in [0.4, 0.5) is 0 Å². The molecule has 1 atom stereocenters. The summed E-state index contributed by atoms with van der Waals surface area (Å²) in [5, 5.41) is 16.1. The largest absolute Gasteiger partial charge is 0.480 e. The third-order valence-corrected chi connectivity index (χ3v) is 2.59. The second-order valence-electron chi connectivity index (χ2n) is 3.69. The standard InChI is InChI=1S/C10H17N3O2/c1-3-10(2,9(14)15)11-6-8-13-7-4-5-12-13/h4-5,7,11H,3,6,8H2,1-2H3,(H,14,15). The van der Waals surface area contributed by atoms with Crippen molar-refractivity contribution < 1.29 is 9.90 Å². The predicted octanol–water partition coefficient (Wildman–Crippen LogP) is 0.726. The Morgan fingerprint density at radius 2 is 2.40 bits per heavy atom. The Labute approximate surface area is 89.1 Å². The van der Waals surface area contributed by atoms with Gasteiger partial charge in [0.25, 0.3) is 0 Å². The number of carboxylic acids is 1. The lowest BCUT2D eigenvalue weighted by atomic mass is 9.99. The molecule has 0 bridgehead atoms. The quantitative estimate of drug-likeness (QED) is 0.727. The summed E-state index contributed by atoms with van der Waals surface area (Å²) in [4.78, 5) is 11.0. The number of hydrogen-bond donors (Lipinski definition) is 2. The van der Waals surface area contributed by atoms with Crippen molar-refractivity contribution in [3.05, 3.63) is 18.5 Å². The van der Waals surface area contributed by atoms with Gasteiger partial charge in [0.05, 0.1) is 6.54 Å². The maximum atomic E-state index is 11.0. The van der Waals surface area contributed by atoms with Crippen molar-refractivity contribution in [3.8, 4) is 0 Å². The third kappa shape index (κ3) is 3.06. The molecule has 84 valence electrons. The molecule has 0 aliphatic heterocycles. The summed E-state index contributed by atoms with van der Waals surface area (Å²) in [5.41, 5.74) is -0.840. The lowest BCUT2D eigenvalue weighted by molar-refractivity contribution is -0.144. The lowest BCUT2D eigenvalue weighted by Crippen LogP contribution is -2.49. The fourth-order valence-electron chi connectivity index (χ4n) is 1.23. The van der Waals surface area contributed by atoms with Crippen LogP contribution in [0.5, 0.6) is 0 Å². The van der Waals surface area contributed by atoms with Gasteiger partial charge >= 0.3 is 5.97 Å². The zero-order valence-corrected chi connectivity index (χ0v) is 9.10. The van der Waals surface area contributed by atoms with Gasteiger partial charge in [-0.15, -0.1) is 0 Å². The highest BCUT2D eigenvalue weighted by molar-refractivity contribution is 5.78. The molecule has 1 heterocycles. The van der Waals surface area contributed by atoms with Crippen molar-refractivity contribution in [3.63, 3.8) is 0 Å². The number of aromatic nitrogens is 2. The van der Waals surface area contributed by atoms with E-state index in [1.165, 1.54) is 0 Å². The van der Waals surface area contributed by atoms with E-state index in [1.54, 1.807) is 17.8 Å². The van der Waals surface area contributed by atoms with Crippen molar-refractivity contribution in [2.24, 2.45) is 0 Å². The van der Waals surface area contributed by atoms with Gasteiger partial charge in [-0.25, -0.2) is 0 Å². The van der Waals surface area contributed by atoms with Gasteiger partial charge in [0.2, 0.25) is 0 Å². The van der Waals surface area contributed by atoms with Gasteiger partial charge in [-0.05, 0) is 19.4 Å². The average Bonchev–Trinajstić information content (AvgIpc) is 2.70. The number of rotatable bonds is 6. The molecule has 1 aromatic rings. The molecule has 0 amide bonds. The first-order chi connectivity index (χ1) is 7.08. The third-order valence-electron chi connectivity index (χ3n) is 2.59. The average molecular weight is 211 g/mol. The fourth-order valence-corrected chi connectivity index (χ4v) is 1.23. The SMILES string of the molecule is CCC(C)(NCCn1cccn1)C(=O)O.